The molecule has 100 valence electrons. The summed E-state index contributed by atoms with van der Waals surface area (Å²) >= 11 is 3.33. The molecule has 1 atom stereocenters. The molecule has 2 rings (SSSR count). The van der Waals surface area contributed by atoms with Gasteiger partial charge in [-0.1, -0.05) is 34.1 Å². The van der Waals surface area contributed by atoms with Crippen molar-refractivity contribution in [3.8, 4) is 0 Å². The molecular weight excluding hydrogens is 317 g/mol. The number of hydrogen-bond donors (Lipinski definition) is 0. The zero-order chi connectivity index (χ0) is 13.8. The van der Waals surface area contributed by atoms with Crippen LogP contribution in [0.2, 0.25) is 0 Å². The van der Waals surface area contributed by atoms with E-state index in [1.54, 1.807) is 18.2 Å². The lowest BCUT2D eigenvalue weighted by Crippen LogP contribution is -2.07. The van der Waals surface area contributed by atoms with Gasteiger partial charge in [-0.15, -0.1) is 0 Å². The number of alkyl halides is 1. The van der Waals surface area contributed by atoms with Crippen molar-refractivity contribution < 1.29 is 13.2 Å². The molecule has 0 N–H and O–H groups in total. The van der Waals surface area contributed by atoms with Crippen molar-refractivity contribution in [2.24, 2.45) is 0 Å². The van der Waals surface area contributed by atoms with Gasteiger partial charge in [-0.3, -0.25) is 0 Å². The van der Waals surface area contributed by atoms with E-state index >= 15 is 0 Å². The van der Waals surface area contributed by atoms with Crippen LogP contribution in [0.1, 0.15) is 17.0 Å². The quantitative estimate of drug-likeness (QED) is 0.705. The van der Waals surface area contributed by atoms with Crippen molar-refractivity contribution >= 4 is 15.9 Å². The largest absolute Gasteiger partial charge is 0.207 e. The fraction of sp³-hybridized carbons (Fsp3) is 0.200. The van der Waals surface area contributed by atoms with Crippen molar-refractivity contribution in [3.05, 3.63) is 71.0 Å². The molecule has 0 aliphatic heterocycles. The molecule has 0 spiro atoms. The van der Waals surface area contributed by atoms with Gasteiger partial charge in [0, 0.05) is 17.3 Å². The first-order valence-electron chi connectivity index (χ1n) is 5.85. The Morgan fingerprint density at radius 2 is 1.58 bits per heavy atom. The van der Waals surface area contributed by atoms with E-state index in [4.69, 9.17) is 0 Å². The molecule has 1 unspecified atom stereocenters. The van der Waals surface area contributed by atoms with Crippen LogP contribution in [-0.4, -0.2) is 5.33 Å². The lowest BCUT2D eigenvalue weighted by molar-refractivity contribution is 0.572. The molecule has 0 saturated carbocycles. The van der Waals surface area contributed by atoms with Gasteiger partial charge in [-0.25, -0.2) is 13.2 Å². The highest BCUT2D eigenvalue weighted by Gasteiger charge is 2.15. The van der Waals surface area contributed by atoms with Gasteiger partial charge in [-0.05, 0) is 35.7 Å². The third kappa shape index (κ3) is 3.60. The lowest BCUT2D eigenvalue weighted by atomic mass is 9.93. The molecule has 0 radical (unpaired) electrons. The van der Waals surface area contributed by atoms with E-state index in [9.17, 15) is 13.2 Å². The van der Waals surface area contributed by atoms with E-state index in [0.717, 1.165) is 6.07 Å². The Balaban J connectivity index is 2.26. The van der Waals surface area contributed by atoms with E-state index in [2.05, 4.69) is 15.9 Å². The maximum Gasteiger partial charge on any atom is 0.126 e. The minimum atomic E-state index is -0.614. The zero-order valence-corrected chi connectivity index (χ0v) is 11.6. The van der Waals surface area contributed by atoms with Crippen molar-refractivity contribution in [1.29, 1.82) is 0 Å². The molecule has 4 heteroatoms. The van der Waals surface area contributed by atoms with Crippen molar-refractivity contribution in [2.75, 3.05) is 5.33 Å². The summed E-state index contributed by atoms with van der Waals surface area (Å²) in [6, 6.07) is 9.83. The van der Waals surface area contributed by atoms with Gasteiger partial charge >= 0.3 is 0 Å². The van der Waals surface area contributed by atoms with Crippen LogP contribution in [0.3, 0.4) is 0 Å². The van der Waals surface area contributed by atoms with Crippen LogP contribution in [0.25, 0.3) is 0 Å². The van der Waals surface area contributed by atoms with Gasteiger partial charge in [-0.2, -0.15) is 0 Å². The van der Waals surface area contributed by atoms with Crippen LogP contribution in [-0.2, 0) is 6.42 Å². The van der Waals surface area contributed by atoms with E-state index < -0.39 is 11.6 Å². The van der Waals surface area contributed by atoms with E-state index in [-0.39, 0.29) is 11.7 Å². The first-order chi connectivity index (χ1) is 9.10. The van der Waals surface area contributed by atoms with Gasteiger partial charge < -0.3 is 0 Å². The molecule has 0 saturated heterocycles. The second-order valence-corrected chi connectivity index (χ2v) is 5.00. The Morgan fingerprint density at radius 3 is 2.16 bits per heavy atom. The zero-order valence-electron chi connectivity index (χ0n) is 10.0. The number of halogens is 4. The molecule has 19 heavy (non-hydrogen) atoms. The summed E-state index contributed by atoms with van der Waals surface area (Å²) < 4.78 is 40.0. The molecule has 0 aliphatic carbocycles. The summed E-state index contributed by atoms with van der Waals surface area (Å²) in [4.78, 5) is 0. The second kappa shape index (κ2) is 6.24. The van der Waals surface area contributed by atoms with Gasteiger partial charge in [0.15, 0.2) is 0 Å². The molecule has 0 bridgehead atoms. The highest BCUT2D eigenvalue weighted by Crippen LogP contribution is 2.26. The topological polar surface area (TPSA) is 0 Å². The van der Waals surface area contributed by atoms with Crippen molar-refractivity contribution in [2.45, 2.75) is 12.3 Å². The van der Waals surface area contributed by atoms with Crippen molar-refractivity contribution in [3.63, 3.8) is 0 Å². The first kappa shape index (κ1) is 14.1. The summed E-state index contributed by atoms with van der Waals surface area (Å²) in [6.07, 6.45) is 0.376. The summed E-state index contributed by atoms with van der Waals surface area (Å²) in [6.45, 7) is 0. The first-order valence-corrected chi connectivity index (χ1v) is 6.97. The fourth-order valence-corrected chi connectivity index (χ4v) is 2.64. The molecule has 0 aromatic heterocycles. The Bertz CT molecular complexity index is 549. The summed E-state index contributed by atoms with van der Waals surface area (Å²) in [7, 11) is 0. The average Bonchev–Trinajstić information content (AvgIpc) is 2.36. The Morgan fingerprint density at radius 1 is 0.947 bits per heavy atom. The minimum Gasteiger partial charge on any atom is -0.207 e. The standard InChI is InChI=1S/C15H12BrF3/c16-9-11(14-3-1-2-4-15(14)19)5-10-6-12(17)8-13(18)7-10/h1-4,6-8,11H,5,9H2. The minimum absolute atomic E-state index is 0.164. The van der Waals surface area contributed by atoms with Crippen LogP contribution in [0.15, 0.2) is 42.5 Å². The van der Waals surface area contributed by atoms with Crippen LogP contribution >= 0.6 is 15.9 Å². The van der Waals surface area contributed by atoms with E-state index in [1.807, 2.05) is 0 Å². The molecule has 2 aromatic carbocycles. The number of benzene rings is 2. The summed E-state index contributed by atoms with van der Waals surface area (Å²) in [5.74, 6) is -1.69. The third-order valence-corrected chi connectivity index (χ3v) is 3.72. The van der Waals surface area contributed by atoms with Crippen LogP contribution in [0.4, 0.5) is 13.2 Å². The Kier molecular flexibility index (Phi) is 4.64. The number of hydrogen-bond acceptors (Lipinski definition) is 0. The Hall–Kier alpha value is -1.29. The highest BCUT2D eigenvalue weighted by atomic mass is 79.9. The molecule has 0 heterocycles. The van der Waals surface area contributed by atoms with Gasteiger partial charge in [0.1, 0.15) is 17.5 Å². The van der Waals surface area contributed by atoms with Gasteiger partial charge in [0.2, 0.25) is 0 Å². The molecule has 0 amide bonds. The summed E-state index contributed by atoms with van der Waals surface area (Å²) in [5.41, 5.74) is 1.06. The van der Waals surface area contributed by atoms with E-state index in [0.29, 0.717) is 22.9 Å². The fourth-order valence-electron chi connectivity index (χ4n) is 2.07. The number of rotatable bonds is 4. The average molecular weight is 329 g/mol. The van der Waals surface area contributed by atoms with Crippen LogP contribution < -0.4 is 0 Å². The van der Waals surface area contributed by atoms with E-state index in [1.165, 1.54) is 18.2 Å². The third-order valence-electron chi connectivity index (χ3n) is 2.94. The monoisotopic (exact) mass is 328 g/mol. The predicted molar refractivity (Wildman–Crippen MR) is 73.0 cm³/mol. The van der Waals surface area contributed by atoms with Gasteiger partial charge in [0.05, 0.1) is 0 Å². The maximum atomic E-state index is 13.7. The molecular formula is C15H12BrF3. The molecule has 0 fully saturated rings. The SMILES string of the molecule is Fc1cc(F)cc(CC(CBr)c2ccccc2F)c1. The molecule has 0 aliphatic rings. The van der Waals surface area contributed by atoms with Crippen LogP contribution in [0.5, 0.6) is 0 Å². The Labute approximate surface area is 118 Å². The molecule has 2 aromatic rings. The van der Waals surface area contributed by atoms with Gasteiger partial charge in [0.25, 0.3) is 0 Å². The normalized spacial score (nSPS) is 12.4. The molecule has 0 nitrogen and oxygen atoms in total. The summed E-state index contributed by atoms with van der Waals surface area (Å²) in [5, 5.41) is 0.520. The maximum absolute atomic E-state index is 13.7. The smallest absolute Gasteiger partial charge is 0.126 e. The van der Waals surface area contributed by atoms with Crippen LogP contribution in [0, 0.1) is 17.5 Å². The van der Waals surface area contributed by atoms with Crippen molar-refractivity contribution in [1.82, 2.24) is 0 Å². The second-order valence-electron chi connectivity index (χ2n) is 4.35. The highest BCUT2D eigenvalue weighted by molar-refractivity contribution is 9.09. The lowest BCUT2D eigenvalue weighted by Gasteiger charge is -2.15. The predicted octanol–water partition coefficient (Wildman–Crippen LogP) is 4.83.